The molecule has 0 saturated carbocycles. The summed E-state index contributed by atoms with van der Waals surface area (Å²) >= 11 is 0. The van der Waals surface area contributed by atoms with Crippen LogP contribution in [-0.4, -0.2) is 11.8 Å². The summed E-state index contributed by atoms with van der Waals surface area (Å²) in [5.41, 5.74) is 3.64. The maximum atomic E-state index is 13.0. The van der Waals surface area contributed by atoms with E-state index in [0.717, 1.165) is 11.1 Å². The van der Waals surface area contributed by atoms with E-state index >= 15 is 0 Å². The molecule has 0 heterocycles. The molecule has 3 nitrogen and oxygen atoms in total. The summed E-state index contributed by atoms with van der Waals surface area (Å²) in [5.74, 6) is -0.673. The molecular formula is C22H19NO2. The number of hydrogen-bond donors (Lipinski definition) is 0. The Bertz CT molecular complexity index is 824. The van der Waals surface area contributed by atoms with Crippen LogP contribution in [0.2, 0.25) is 0 Å². The number of imide groups is 1. The standard InChI is InChI=1S/C22H19NO2/c1-16-8-12-18(13-9-16)21(24)23(20-6-4-3-5-7-20)22(25)19-14-10-17(2)11-15-19/h3-15H,1-2H3. The van der Waals surface area contributed by atoms with Gasteiger partial charge in [0.1, 0.15) is 0 Å². The summed E-state index contributed by atoms with van der Waals surface area (Å²) < 4.78 is 0. The Morgan fingerprint density at radius 2 is 1.00 bits per heavy atom. The largest absolute Gasteiger partial charge is 0.268 e. The fraction of sp³-hybridized carbons (Fsp3) is 0.0909. The minimum atomic E-state index is -0.336. The SMILES string of the molecule is Cc1ccc(C(=O)N(C(=O)c2ccc(C)cc2)c2ccccc2)cc1. The molecule has 0 unspecified atom stereocenters. The summed E-state index contributed by atoms with van der Waals surface area (Å²) in [6, 6.07) is 23.5. The molecular weight excluding hydrogens is 310 g/mol. The Morgan fingerprint density at radius 1 is 0.600 bits per heavy atom. The molecule has 0 atom stereocenters. The van der Waals surface area contributed by atoms with E-state index < -0.39 is 0 Å². The van der Waals surface area contributed by atoms with Gasteiger partial charge in [0.05, 0.1) is 5.69 Å². The first-order valence-electron chi connectivity index (χ1n) is 8.13. The van der Waals surface area contributed by atoms with Crippen molar-refractivity contribution in [2.24, 2.45) is 0 Å². The Balaban J connectivity index is 2.03. The number of aryl methyl sites for hydroxylation is 2. The van der Waals surface area contributed by atoms with Gasteiger partial charge in [0.2, 0.25) is 0 Å². The second kappa shape index (κ2) is 7.14. The van der Waals surface area contributed by atoms with Crippen LogP contribution < -0.4 is 4.90 Å². The molecule has 0 spiro atoms. The molecule has 0 aliphatic carbocycles. The van der Waals surface area contributed by atoms with Gasteiger partial charge in [0.15, 0.2) is 0 Å². The summed E-state index contributed by atoms with van der Waals surface area (Å²) in [6.45, 7) is 3.92. The maximum absolute atomic E-state index is 13.0. The van der Waals surface area contributed by atoms with Crippen molar-refractivity contribution in [1.29, 1.82) is 0 Å². The van der Waals surface area contributed by atoms with E-state index in [9.17, 15) is 9.59 Å². The number of benzene rings is 3. The predicted molar refractivity (Wildman–Crippen MR) is 99.9 cm³/mol. The Labute approximate surface area is 147 Å². The van der Waals surface area contributed by atoms with Crippen LogP contribution in [-0.2, 0) is 0 Å². The van der Waals surface area contributed by atoms with Gasteiger partial charge in [-0.25, -0.2) is 4.90 Å². The van der Waals surface area contributed by atoms with Crippen LogP contribution in [0, 0.1) is 13.8 Å². The van der Waals surface area contributed by atoms with Crippen molar-refractivity contribution in [2.75, 3.05) is 4.90 Å². The lowest BCUT2D eigenvalue weighted by Gasteiger charge is -2.21. The second-order valence-corrected chi connectivity index (χ2v) is 6.01. The van der Waals surface area contributed by atoms with E-state index in [1.807, 2.05) is 56.3 Å². The van der Waals surface area contributed by atoms with E-state index in [1.165, 1.54) is 4.90 Å². The third-order valence-corrected chi connectivity index (χ3v) is 4.02. The maximum Gasteiger partial charge on any atom is 0.265 e. The van der Waals surface area contributed by atoms with Gasteiger partial charge in [-0.1, -0.05) is 53.6 Å². The lowest BCUT2D eigenvalue weighted by molar-refractivity contribution is 0.0897. The van der Waals surface area contributed by atoms with Gasteiger partial charge in [-0.15, -0.1) is 0 Å². The highest BCUT2D eigenvalue weighted by Crippen LogP contribution is 2.20. The van der Waals surface area contributed by atoms with Gasteiger partial charge in [-0.3, -0.25) is 9.59 Å². The highest BCUT2D eigenvalue weighted by molar-refractivity contribution is 6.25. The van der Waals surface area contributed by atoms with Gasteiger partial charge < -0.3 is 0 Å². The minimum Gasteiger partial charge on any atom is -0.268 e. The van der Waals surface area contributed by atoms with Crippen LogP contribution in [0.1, 0.15) is 31.8 Å². The molecule has 2 amide bonds. The van der Waals surface area contributed by atoms with E-state index in [-0.39, 0.29) is 11.8 Å². The van der Waals surface area contributed by atoms with Crippen LogP contribution in [0.5, 0.6) is 0 Å². The van der Waals surface area contributed by atoms with E-state index in [0.29, 0.717) is 16.8 Å². The first-order valence-corrected chi connectivity index (χ1v) is 8.13. The monoisotopic (exact) mass is 329 g/mol. The first-order chi connectivity index (χ1) is 12.1. The van der Waals surface area contributed by atoms with Crippen LogP contribution in [0.25, 0.3) is 0 Å². The number of rotatable bonds is 3. The van der Waals surface area contributed by atoms with Gasteiger partial charge in [-0.05, 0) is 50.2 Å². The summed E-state index contributed by atoms with van der Waals surface area (Å²) in [5, 5.41) is 0. The Hall–Kier alpha value is -3.20. The van der Waals surface area contributed by atoms with E-state index in [4.69, 9.17) is 0 Å². The van der Waals surface area contributed by atoms with Crippen LogP contribution in [0.3, 0.4) is 0 Å². The highest BCUT2D eigenvalue weighted by atomic mass is 16.2. The van der Waals surface area contributed by atoms with Crippen LogP contribution in [0.4, 0.5) is 5.69 Å². The van der Waals surface area contributed by atoms with Crippen molar-refractivity contribution in [2.45, 2.75) is 13.8 Å². The van der Waals surface area contributed by atoms with E-state index in [1.54, 1.807) is 36.4 Å². The fourth-order valence-electron chi connectivity index (χ4n) is 2.55. The Kier molecular flexibility index (Phi) is 4.75. The zero-order chi connectivity index (χ0) is 17.8. The van der Waals surface area contributed by atoms with Gasteiger partial charge in [0, 0.05) is 11.1 Å². The predicted octanol–water partition coefficient (Wildman–Crippen LogP) is 4.79. The number of para-hydroxylation sites is 1. The minimum absolute atomic E-state index is 0.336. The molecule has 0 bridgehead atoms. The molecule has 0 radical (unpaired) electrons. The van der Waals surface area contributed by atoms with Crippen LogP contribution in [0.15, 0.2) is 78.9 Å². The number of hydrogen-bond acceptors (Lipinski definition) is 2. The van der Waals surface area contributed by atoms with E-state index in [2.05, 4.69) is 0 Å². The zero-order valence-electron chi connectivity index (χ0n) is 14.3. The number of nitrogens with zero attached hydrogens (tertiary/aromatic N) is 1. The summed E-state index contributed by atoms with van der Waals surface area (Å²) in [6.07, 6.45) is 0. The topological polar surface area (TPSA) is 37.4 Å². The van der Waals surface area contributed by atoms with Gasteiger partial charge in [0.25, 0.3) is 11.8 Å². The van der Waals surface area contributed by atoms with Crippen molar-refractivity contribution >= 4 is 17.5 Å². The molecule has 3 aromatic rings. The van der Waals surface area contributed by atoms with Crippen molar-refractivity contribution < 1.29 is 9.59 Å². The molecule has 25 heavy (non-hydrogen) atoms. The third-order valence-electron chi connectivity index (χ3n) is 4.02. The fourth-order valence-corrected chi connectivity index (χ4v) is 2.55. The molecule has 0 aliphatic rings. The number of carbonyl (C=O) groups is 2. The summed E-state index contributed by atoms with van der Waals surface area (Å²) in [7, 11) is 0. The number of anilines is 1. The molecule has 0 fully saturated rings. The molecule has 0 aliphatic heterocycles. The molecule has 3 heteroatoms. The van der Waals surface area contributed by atoms with Crippen LogP contribution >= 0.6 is 0 Å². The van der Waals surface area contributed by atoms with Crippen molar-refractivity contribution in [3.8, 4) is 0 Å². The Morgan fingerprint density at radius 3 is 1.40 bits per heavy atom. The van der Waals surface area contributed by atoms with Crippen molar-refractivity contribution in [1.82, 2.24) is 0 Å². The first kappa shape index (κ1) is 16.7. The summed E-state index contributed by atoms with van der Waals surface area (Å²) in [4.78, 5) is 27.3. The lowest BCUT2D eigenvalue weighted by Crippen LogP contribution is -2.37. The number of amides is 2. The number of carbonyl (C=O) groups excluding carboxylic acids is 2. The lowest BCUT2D eigenvalue weighted by atomic mass is 10.1. The molecule has 124 valence electrons. The van der Waals surface area contributed by atoms with Gasteiger partial charge >= 0.3 is 0 Å². The zero-order valence-corrected chi connectivity index (χ0v) is 14.3. The molecule has 3 rings (SSSR count). The molecule has 0 aromatic heterocycles. The quantitative estimate of drug-likeness (QED) is 0.648. The highest BCUT2D eigenvalue weighted by Gasteiger charge is 2.25. The smallest absolute Gasteiger partial charge is 0.265 e. The third kappa shape index (κ3) is 3.66. The second-order valence-electron chi connectivity index (χ2n) is 6.01. The molecule has 0 N–H and O–H groups in total. The van der Waals surface area contributed by atoms with Gasteiger partial charge in [-0.2, -0.15) is 0 Å². The molecule has 3 aromatic carbocycles. The average Bonchev–Trinajstić information content (AvgIpc) is 2.64. The normalized spacial score (nSPS) is 10.3. The van der Waals surface area contributed by atoms with Crippen molar-refractivity contribution in [3.63, 3.8) is 0 Å². The average molecular weight is 329 g/mol. The van der Waals surface area contributed by atoms with Crippen molar-refractivity contribution in [3.05, 3.63) is 101 Å². The molecule has 0 saturated heterocycles.